The highest BCUT2D eigenvalue weighted by Crippen LogP contribution is 2.24. The summed E-state index contributed by atoms with van der Waals surface area (Å²) in [5.41, 5.74) is 6.85. The molecule has 1 aromatic heterocycles. The Bertz CT molecular complexity index is 571. The third-order valence-corrected chi connectivity index (χ3v) is 2.91. The first-order chi connectivity index (χ1) is 8.08. The van der Waals surface area contributed by atoms with Crippen LogP contribution in [0.4, 0.5) is 5.69 Å². The van der Waals surface area contributed by atoms with Crippen LogP contribution >= 0.6 is 15.9 Å². The molecule has 0 aliphatic carbocycles. The van der Waals surface area contributed by atoms with Crippen LogP contribution in [0.5, 0.6) is 0 Å². The summed E-state index contributed by atoms with van der Waals surface area (Å²) in [7, 11) is 0. The van der Waals surface area contributed by atoms with Crippen molar-refractivity contribution in [3.63, 3.8) is 0 Å². The number of anilines is 1. The van der Waals surface area contributed by atoms with Crippen molar-refractivity contribution >= 4 is 38.4 Å². The standard InChI is InChI=1S/C12H12BrN3O/c1-7(12(14)17)16-10-4-2-3-8-5-9(13)6-15-11(8)10/h2-7,16H,1H3,(H2,14,17). The summed E-state index contributed by atoms with van der Waals surface area (Å²) in [4.78, 5) is 15.4. The molecule has 1 atom stereocenters. The zero-order chi connectivity index (χ0) is 12.4. The van der Waals surface area contributed by atoms with E-state index >= 15 is 0 Å². The van der Waals surface area contributed by atoms with Crippen LogP contribution in [0.25, 0.3) is 10.9 Å². The number of halogens is 1. The maximum atomic E-state index is 11.0. The number of pyridine rings is 1. The zero-order valence-corrected chi connectivity index (χ0v) is 10.9. The minimum Gasteiger partial charge on any atom is -0.372 e. The molecule has 1 aromatic carbocycles. The summed E-state index contributed by atoms with van der Waals surface area (Å²) in [5, 5.41) is 4.05. The Morgan fingerprint density at radius 1 is 1.53 bits per heavy atom. The van der Waals surface area contributed by atoms with Crippen LogP contribution in [0.2, 0.25) is 0 Å². The van der Waals surface area contributed by atoms with E-state index in [0.717, 1.165) is 21.1 Å². The van der Waals surface area contributed by atoms with Crippen LogP contribution in [0.3, 0.4) is 0 Å². The van der Waals surface area contributed by atoms with E-state index < -0.39 is 6.04 Å². The average molecular weight is 294 g/mol. The van der Waals surface area contributed by atoms with Gasteiger partial charge in [0.1, 0.15) is 6.04 Å². The van der Waals surface area contributed by atoms with Gasteiger partial charge in [0.25, 0.3) is 0 Å². The summed E-state index contributed by atoms with van der Waals surface area (Å²) < 4.78 is 0.921. The topological polar surface area (TPSA) is 68.0 Å². The van der Waals surface area contributed by atoms with Gasteiger partial charge in [0.2, 0.25) is 5.91 Å². The number of primary amides is 1. The molecular weight excluding hydrogens is 282 g/mol. The van der Waals surface area contributed by atoms with Gasteiger partial charge < -0.3 is 11.1 Å². The first kappa shape index (κ1) is 11.9. The van der Waals surface area contributed by atoms with Gasteiger partial charge in [-0.25, -0.2) is 0 Å². The summed E-state index contributed by atoms with van der Waals surface area (Å²) in [6, 6.07) is 7.30. The van der Waals surface area contributed by atoms with E-state index in [1.54, 1.807) is 13.1 Å². The fourth-order valence-electron chi connectivity index (χ4n) is 1.55. The molecule has 5 heteroatoms. The van der Waals surface area contributed by atoms with Crippen LogP contribution in [0.15, 0.2) is 34.9 Å². The number of aromatic nitrogens is 1. The van der Waals surface area contributed by atoms with Crippen molar-refractivity contribution in [2.24, 2.45) is 5.73 Å². The lowest BCUT2D eigenvalue weighted by atomic mass is 10.2. The molecule has 0 aliphatic heterocycles. The van der Waals surface area contributed by atoms with Crippen molar-refractivity contribution in [1.29, 1.82) is 0 Å². The molecule has 0 saturated heterocycles. The van der Waals surface area contributed by atoms with Crippen molar-refractivity contribution < 1.29 is 4.79 Å². The maximum absolute atomic E-state index is 11.0. The molecule has 1 unspecified atom stereocenters. The van der Waals surface area contributed by atoms with Gasteiger partial charge >= 0.3 is 0 Å². The highest BCUT2D eigenvalue weighted by Gasteiger charge is 2.10. The molecule has 0 bridgehead atoms. The number of nitrogens with two attached hydrogens (primary N) is 1. The molecule has 0 radical (unpaired) electrons. The lowest BCUT2D eigenvalue weighted by molar-refractivity contribution is -0.118. The molecular formula is C12H12BrN3O. The first-order valence-electron chi connectivity index (χ1n) is 5.18. The lowest BCUT2D eigenvalue weighted by Crippen LogP contribution is -2.32. The van der Waals surface area contributed by atoms with Crippen LogP contribution in [0.1, 0.15) is 6.92 Å². The Morgan fingerprint density at radius 2 is 2.29 bits per heavy atom. The minimum absolute atomic E-state index is 0.390. The number of nitrogens with one attached hydrogen (secondary N) is 1. The number of nitrogens with zero attached hydrogens (tertiary/aromatic N) is 1. The summed E-state index contributed by atoms with van der Waals surface area (Å²) >= 11 is 3.37. The number of fused-ring (bicyclic) bond motifs is 1. The Balaban J connectivity index is 2.44. The van der Waals surface area contributed by atoms with Gasteiger partial charge in [0.15, 0.2) is 0 Å². The Hall–Kier alpha value is -1.62. The van der Waals surface area contributed by atoms with E-state index in [-0.39, 0.29) is 5.91 Å². The van der Waals surface area contributed by atoms with Crippen molar-refractivity contribution in [2.45, 2.75) is 13.0 Å². The third kappa shape index (κ3) is 2.55. The number of benzene rings is 1. The van der Waals surface area contributed by atoms with E-state index in [0.29, 0.717) is 0 Å². The molecule has 0 aliphatic rings. The van der Waals surface area contributed by atoms with E-state index in [1.165, 1.54) is 0 Å². The Morgan fingerprint density at radius 3 is 3.00 bits per heavy atom. The predicted molar refractivity (Wildman–Crippen MR) is 71.7 cm³/mol. The summed E-state index contributed by atoms with van der Waals surface area (Å²) in [6.45, 7) is 1.72. The number of hydrogen-bond acceptors (Lipinski definition) is 3. The molecule has 0 spiro atoms. The molecule has 88 valence electrons. The molecule has 17 heavy (non-hydrogen) atoms. The van der Waals surface area contributed by atoms with Crippen LogP contribution in [-0.2, 0) is 4.79 Å². The molecule has 3 N–H and O–H groups in total. The van der Waals surface area contributed by atoms with Crippen molar-refractivity contribution in [3.05, 3.63) is 34.9 Å². The van der Waals surface area contributed by atoms with Gasteiger partial charge in [0.05, 0.1) is 11.2 Å². The highest BCUT2D eigenvalue weighted by molar-refractivity contribution is 9.10. The number of carbonyl (C=O) groups is 1. The van der Waals surface area contributed by atoms with E-state index in [1.807, 2.05) is 24.3 Å². The fraction of sp³-hybridized carbons (Fsp3) is 0.167. The van der Waals surface area contributed by atoms with E-state index in [2.05, 4.69) is 26.2 Å². The lowest BCUT2D eigenvalue weighted by Gasteiger charge is -2.13. The largest absolute Gasteiger partial charge is 0.372 e. The SMILES string of the molecule is CC(Nc1cccc2cc(Br)cnc12)C(N)=O. The van der Waals surface area contributed by atoms with Crippen molar-refractivity contribution in [2.75, 3.05) is 5.32 Å². The van der Waals surface area contributed by atoms with E-state index in [9.17, 15) is 4.79 Å². The predicted octanol–water partition coefficient (Wildman–Crippen LogP) is 2.28. The fourth-order valence-corrected chi connectivity index (χ4v) is 1.90. The smallest absolute Gasteiger partial charge is 0.239 e. The number of carbonyl (C=O) groups excluding carboxylic acids is 1. The van der Waals surface area contributed by atoms with Crippen LogP contribution in [0, 0.1) is 0 Å². The second-order valence-corrected chi connectivity index (χ2v) is 4.71. The van der Waals surface area contributed by atoms with Gasteiger partial charge in [-0.1, -0.05) is 12.1 Å². The second-order valence-electron chi connectivity index (χ2n) is 3.80. The van der Waals surface area contributed by atoms with Gasteiger partial charge in [-0.2, -0.15) is 0 Å². The van der Waals surface area contributed by atoms with Crippen molar-refractivity contribution in [1.82, 2.24) is 4.98 Å². The number of rotatable bonds is 3. The molecule has 2 aromatic rings. The monoisotopic (exact) mass is 293 g/mol. The highest BCUT2D eigenvalue weighted by atomic mass is 79.9. The quantitative estimate of drug-likeness (QED) is 0.912. The molecule has 0 saturated carbocycles. The maximum Gasteiger partial charge on any atom is 0.239 e. The van der Waals surface area contributed by atoms with Gasteiger partial charge in [-0.15, -0.1) is 0 Å². The van der Waals surface area contributed by atoms with Crippen LogP contribution < -0.4 is 11.1 Å². The average Bonchev–Trinajstić information content (AvgIpc) is 2.28. The van der Waals surface area contributed by atoms with Crippen molar-refractivity contribution in [3.8, 4) is 0 Å². The Kier molecular flexibility index (Phi) is 3.28. The van der Waals surface area contributed by atoms with E-state index in [4.69, 9.17) is 5.73 Å². The molecule has 4 nitrogen and oxygen atoms in total. The number of hydrogen-bond donors (Lipinski definition) is 2. The van der Waals surface area contributed by atoms with Gasteiger partial charge in [-0.05, 0) is 35.0 Å². The summed E-state index contributed by atoms with van der Waals surface area (Å²) in [6.07, 6.45) is 1.72. The molecule has 0 fully saturated rings. The van der Waals surface area contributed by atoms with Crippen LogP contribution in [-0.4, -0.2) is 16.9 Å². The first-order valence-corrected chi connectivity index (χ1v) is 5.97. The molecule has 1 amide bonds. The minimum atomic E-state index is -0.425. The Labute approximate surface area is 107 Å². The zero-order valence-electron chi connectivity index (χ0n) is 9.27. The van der Waals surface area contributed by atoms with Gasteiger partial charge in [-0.3, -0.25) is 9.78 Å². The number of para-hydroxylation sites is 1. The summed E-state index contributed by atoms with van der Waals surface area (Å²) in [5.74, 6) is -0.390. The second kappa shape index (κ2) is 4.71. The molecule has 2 rings (SSSR count). The van der Waals surface area contributed by atoms with Gasteiger partial charge in [0, 0.05) is 16.1 Å². The molecule has 1 heterocycles. The normalized spacial score (nSPS) is 12.4. The number of amides is 1. The third-order valence-electron chi connectivity index (χ3n) is 2.48.